The average Bonchev–Trinajstić information content (AvgIpc) is 2.90. The summed E-state index contributed by atoms with van der Waals surface area (Å²) in [6.45, 7) is 7.11. The molecule has 1 aromatic carbocycles. The molecule has 0 fully saturated rings. The third kappa shape index (κ3) is 3.74. The minimum atomic E-state index is -0.111. The highest BCUT2D eigenvalue weighted by molar-refractivity contribution is 5.96. The van der Waals surface area contributed by atoms with Crippen LogP contribution in [0.2, 0.25) is 0 Å². The van der Waals surface area contributed by atoms with Crippen LogP contribution >= 0.6 is 0 Å². The third-order valence-electron chi connectivity index (χ3n) is 4.32. The smallest absolute Gasteiger partial charge is 0.212 e. The monoisotopic (exact) mass is 305 g/mol. The van der Waals surface area contributed by atoms with E-state index in [4.69, 9.17) is 9.73 Å². The summed E-state index contributed by atoms with van der Waals surface area (Å²) in [5.74, 6) is 8.15. The van der Waals surface area contributed by atoms with Gasteiger partial charge < -0.3 is 4.74 Å². The summed E-state index contributed by atoms with van der Waals surface area (Å²) in [5.41, 5.74) is 2.16. The lowest BCUT2D eigenvalue weighted by molar-refractivity contribution is 0.276. The molecule has 0 unspecified atom stereocenters. The summed E-state index contributed by atoms with van der Waals surface area (Å²) in [7, 11) is 0. The molecule has 2 heteroatoms. The number of aliphatic imine (C=N–C) groups is 1. The Morgan fingerprint density at radius 2 is 2.04 bits per heavy atom. The Bertz CT molecular complexity index is 713. The number of ether oxygens (including phenoxy) is 1. The average molecular weight is 305 g/mol. The fourth-order valence-electron chi connectivity index (χ4n) is 2.89. The van der Waals surface area contributed by atoms with Crippen molar-refractivity contribution in [1.82, 2.24) is 0 Å². The first-order chi connectivity index (χ1) is 11.1. The van der Waals surface area contributed by atoms with Crippen molar-refractivity contribution in [1.29, 1.82) is 0 Å². The van der Waals surface area contributed by atoms with E-state index in [2.05, 4.69) is 50.8 Å². The van der Waals surface area contributed by atoms with Crippen LogP contribution in [0.3, 0.4) is 0 Å². The van der Waals surface area contributed by atoms with E-state index in [1.165, 1.54) is 5.57 Å². The summed E-state index contributed by atoms with van der Waals surface area (Å²) in [6.07, 6.45) is 7.34. The predicted octanol–water partition coefficient (Wildman–Crippen LogP) is 4.38. The lowest BCUT2D eigenvalue weighted by Gasteiger charge is -2.24. The molecular formula is C21H23NO. The highest BCUT2D eigenvalue weighted by Gasteiger charge is 2.32. The van der Waals surface area contributed by atoms with Crippen LogP contribution in [-0.2, 0) is 4.74 Å². The SMILES string of the molecule is C[C@H]1C(C2=NC(C)(C)CO2)=CC=C[C@@H]1CC#Cc1ccccc1. The molecule has 1 heterocycles. The number of allylic oxidation sites excluding steroid dienone is 3. The van der Waals surface area contributed by atoms with E-state index < -0.39 is 0 Å². The molecule has 0 saturated heterocycles. The number of benzene rings is 1. The number of hydrogen-bond donors (Lipinski definition) is 0. The highest BCUT2D eigenvalue weighted by Crippen LogP contribution is 2.32. The zero-order valence-corrected chi connectivity index (χ0v) is 14.0. The lowest BCUT2D eigenvalue weighted by atomic mass is 9.81. The second-order valence-corrected chi connectivity index (χ2v) is 6.85. The molecule has 0 aromatic heterocycles. The molecule has 3 rings (SSSR count). The molecule has 1 aliphatic heterocycles. The van der Waals surface area contributed by atoms with Gasteiger partial charge in [-0.3, -0.25) is 0 Å². The van der Waals surface area contributed by atoms with Crippen LogP contribution < -0.4 is 0 Å². The number of rotatable bonds is 2. The van der Waals surface area contributed by atoms with E-state index in [0.717, 1.165) is 17.9 Å². The van der Waals surface area contributed by atoms with Crippen molar-refractivity contribution in [2.75, 3.05) is 6.61 Å². The van der Waals surface area contributed by atoms with Crippen molar-refractivity contribution in [3.63, 3.8) is 0 Å². The van der Waals surface area contributed by atoms with Crippen LogP contribution in [0.1, 0.15) is 32.8 Å². The first kappa shape index (κ1) is 15.6. The van der Waals surface area contributed by atoms with Crippen LogP contribution in [0.15, 0.2) is 59.1 Å². The van der Waals surface area contributed by atoms with Gasteiger partial charge in [0.05, 0.1) is 5.54 Å². The topological polar surface area (TPSA) is 21.6 Å². The Balaban J connectivity index is 1.69. The molecule has 0 spiro atoms. The van der Waals surface area contributed by atoms with Crippen LogP contribution in [0.25, 0.3) is 0 Å². The summed E-state index contributed by atoms with van der Waals surface area (Å²) < 4.78 is 5.81. The van der Waals surface area contributed by atoms with Crippen molar-refractivity contribution in [2.45, 2.75) is 32.7 Å². The summed E-state index contributed by atoms with van der Waals surface area (Å²) >= 11 is 0. The van der Waals surface area contributed by atoms with Crippen molar-refractivity contribution < 1.29 is 4.74 Å². The fraction of sp³-hybridized carbons (Fsp3) is 0.381. The molecule has 2 aliphatic rings. The zero-order chi connectivity index (χ0) is 16.3. The van der Waals surface area contributed by atoms with Crippen molar-refractivity contribution in [3.8, 4) is 11.8 Å². The molecule has 1 aromatic rings. The van der Waals surface area contributed by atoms with E-state index in [0.29, 0.717) is 18.4 Å². The third-order valence-corrected chi connectivity index (χ3v) is 4.32. The van der Waals surface area contributed by atoms with Gasteiger partial charge in [0, 0.05) is 17.6 Å². The molecular weight excluding hydrogens is 282 g/mol. The summed E-state index contributed by atoms with van der Waals surface area (Å²) in [5, 5.41) is 0. The standard InChI is InChI=1S/C21H23NO/c1-16-18(12-7-11-17-9-5-4-6-10-17)13-8-14-19(16)20-22-21(2,3)15-23-20/h4-6,8-10,13-14,16,18H,12,15H2,1-3H3/t16-,18+/m1/s1. The minimum absolute atomic E-state index is 0.111. The Labute approximate surface area is 139 Å². The first-order valence-electron chi connectivity index (χ1n) is 8.20. The molecule has 1 aliphatic carbocycles. The number of hydrogen-bond acceptors (Lipinski definition) is 2. The molecule has 23 heavy (non-hydrogen) atoms. The van der Waals surface area contributed by atoms with Crippen molar-refractivity contribution in [2.24, 2.45) is 16.8 Å². The summed E-state index contributed by atoms with van der Waals surface area (Å²) in [6, 6.07) is 10.1. The largest absolute Gasteiger partial charge is 0.475 e. The van der Waals surface area contributed by atoms with E-state index in [-0.39, 0.29) is 5.54 Å². The van der Waals surface area contributed by atoms with Gasteiger partial charge >= 0.3 is 0 Å². The predicted molar refractivity (Wildman–Crippen MR) is 95.3 cm³/mol. The molecule has 2 atom stereocenters. The summed E-state index contributed by atoms with van der Waals surface area (Å²) in [4.78, 5) is 4.71. The maximum atomic E-state index is 5.81. The molecule has 0 saturated carbocycles. The Morgan fingerprint density at radius 3 is 2.74 bits per heavy atom. The van der Waals surface area contributed by atoms with Crippen molar-refractivity contribution in [3.05, 3.63) is 59.7 Å². The van der Waals surface area contributed by atoms with Gasteiger partial charge in [-0.05, 0) is 37.8 Å². The quantitative estimate of drug-likeness (QED) is 0.743. The van der Waals surface area contributed by atoms with Gasteiger partial charge in [0.15, 0.2) is 0 Å². The maximum absolute atomic E-state index is 5.81. The van der Waals surface area contributed by atoms with Crippen LogP contribution in [0.4, 0.5) is 0 Å². The normalized spacial score (nSPS) is 25.0. The van der Waals surface area contributed by atoms with Crippen LogP contribution in [0, 0.1) is 23.7 Å². The van der Waals surface area contributed by atoms with Gasteiger partial charge in [0.1, 0.15) is 6.61 Å². The second kappa shape index (κ2) is 6.46. The highest BCUT2D eigenvalue weighted by atomic mass is 16.5. The van der Waals surface area contributed by atoms with Gasteiger partial charge in [-0.2, -0.15) is 0 Å². The Hall–Kier alpha value is -2.27. The fourth-order valence-corrected chi connectivity index (χ4v) is 2.89. The Morgan fingerprint density at radius 1 is 1.26 bits per heavy atom. The van der Waals surface area contributed by atoms with Gasteiger partial charge in [-0.15, -0.1) is 0 Å². The minimum Gasteiger partial charge on any atom is -0.475 e. The van der Waals surface area contributed by atoms with Crippen LogP contribution in [0.5, 0.6) is 0 Å². The van der Waals surface area contributed by atoms with Gasteiger partial charge in [-0.25, -0.2) is 4.99 Å². The Kier molecular flexibility index (Phi) is 4.39. The second-order valence-electron chi connectivity index (χ2n) is 6.85. The molecule has 0 N–H and O–H groups in total. The lowest BCUT2D eigenvalue weighted by Crippen LogP contribution is -2.20. The van der Waals surface area contributed by atoms with E-state index in [1.807, 2.05) is 30.3 Å². The maximum Gasteiger partial charge on any atom is 0.212 e. The van der Waals surface area contributed by atoms with Crippen molar-refractivity contribution >= 4 is 5.90 Å². The first-order valence-corrected chi connectivity index (χ1v) is 8.20. The van der Waals surface area contributed by atoms with E-state index in [1.54, 1.807) is 0 Å². The van der Waals surface area contributed by atoms with Gasteiger partial charge in [0.2, 0.25) is 5.90 Å². The molecule has 0 bridgehead atoms. The number of nitrogens with zero attached hydrogens (tertiary/aromatic N) is 1. The van der Waals surface area contributed by atoms with E-state index in [9.17, 15) is 0 Å². The molecule has 0 radical (unpaired) electrons. The molecule has 118 valence electrons. The molecule has 0 amide bonds. The van der Waals surface area contributed by atoms with E-state index >= 15 is 0 Å². The van der Waals surface area contributed by atoms with Gasteiger partial charge in [0.25, 0.3) is 0 Å². The van der Waals surface area contributed by atoms with Gasteiger partial charge in [-0.1, -0.05) is 55.2 Å². The van der Waals surface area contributed by atoms with Crippen LogP contribution in [-0.4, -0.2) is 18.0 Å². The zero-order valence-electron chi connectivity index (χ0n) is 14.0. The molecule has 2 nitrogen and oxygen atoms in total.